The largest absolute Gasteiger partial charge is 0.366 e. The molecule has 2 amide bonds. The van der Waals surface area contributed by atoms with Crippen LogP contribution in [0.2, 0.25) is 0 Å². The van der Waals surface area contributed by atoms with Crippen molar-refractivity contribution >= 4 is 71.7 Å². The maximum atomic E-state index is 12.1. The predicted octanol–water partition coefficient (Wildman–Crippen LogP) is 4.31. The van der Waals surface area contributed by atoms with Crippen LogP contribution in [0.15, 0.2) is 54.6 Å². The van der Waals surface area contributed by atoms with Crippen LogP contribution in [-0.2, 0) is 0 Å². The number of carbonyl (C=O) groups excluding carboxylic acids is 3. The molecule has 29 heavy (non-hydrogen) atoms. The maximum absolute atomic E-state index is 12.1. The Bertz CT molecular complexity index is 1470. The van der Waals surface area contributed by atoms with Gasteiger partial charge in [-0.25, -0.2) is 0 Å². The SMILES string of the molecule is NC(=O)c1ccc2c3cccc4c(C(=O)Cl)ccc(c5ccc(C(N)=O)c1c25)c43. The summed E-state index contributed by atoms with van der Waals surface area (Å²) < 4.78 is 0. The fraction of sp³-hybridized carbons (Fsp3) is 0. The molecule has 0 aliphatic heterocycles. The van der Waals surface area contributed by atoms with Gasteiger partial charge < -0.3 is 11.5 Å². The lowest BCUT2D eigenvalue weighted by Gasteiger charge is -2.18. The summed E-state index contributed by atoms with van der Waals surface area (Å²) in [5.74, 6) is -1.27. The van der Waals surface area contributed by atoms with Gasteiger partial charge in [0.05, 0.1) is 0 Å². The van der Waals surface area contributed by atoms with Crippen LogP contribution in [0.4, 0.5) is 0 Å². The zero-order valence-corrected chi connectivity index (χ0v) is 15.7. The number of rotatable bonds is 3. The number of halogens is 1. The molecular weight excluding hydrogens is 388 g/mol. The van der Waals surface area contributed by atoms with Gasteiger partial charge in [-0.15, -0.1) is 0 Å². The second kappa shape index (κ2) is 5.90. The van der Waals surface area contributed by atoms with Crippen LogP contribution in [0, 0.1) is 0 Å². The molecule has 5 nitrogen and oxygen atoms in total. The standard InChI is InChI=1S/C23H13ClN2O3/c24-21(27)15-7-4-12-14-6-9-17(23(26)29)20-16(22(25)28)8-5-13(19(14)20)10-2-1-3-11(15)18(10)12/h1-9H,(H2,25,28)(H2,26,29). The second-order valence-electron chi connectivity index (χ2n) is 6.96. The molecule has 0 radical (unpaired) electrons. The molecule has 6 heteroatoms. The lowest BCUT2D eigenvalue weighted by molar-refractivity contribution is 0.0998. The number of hydrogen-bond acceptors (Lipinski definition) is 3. The fourth-order valence-corrected chi connectivity index (χ4v) is 4.55. The summed E-state index contributed by atoms with van der Waals surface area (Å²) in [5.41, 5.74) is 12.1. The topological polar surface area (TPSA) is 103 Å². The molecule has 5 aromatic carbocycles. The molecule has 0 aliphatic rings. The molecule has 0 fully saturated rings. The third kappa shape index (κ3) is 2.25. The van der Waals surface area contributed by atoms with Crippen molar-refractivity contribution in [1.29, 1.82) is 0 Å². The molecule has 0 saturated heterocycles. The van der Waals surface area contributed by atoms with E-state index in [0.29, 0.717) is 10.9 Å². The predicted molar refractivity (Wildman–Crippen MR) is 115 cm³/mol. The lowest BCUT2D eigenvalue weighted by atomic mass is 9.85. The maximum Gasteiger partial charge on any atom is 0.253 e. The monoisotopic (exact) mass is 400 g/mol. The molecule has 0 bridgehead atoms. The van der Waals surface area contributed by atoms with Crippen molar-refractivity contribution in [3.8, 4) is 0 Å². The Morgan fingerprint density at radius 1 is 0.552 bits per heavy atom. The van der Waals surface area contributed by atoms with Gasteiger partial charge >= 0.3 is 0 Å². The first kappa shape index (κ1) is 17.4. The fourth-order valence-electron chi connectivity index (χ4n) is 4.38. The minimum atomic E-state index is -0.636. The van der Waals surface area contributed by atoms with E-state index in [1.165, 1.54) is 0 Å². The molecule has 0 aliphatic carbocycles. The van der Waals surface area contributed by atoms with E-state index in [-0.39, 0.29) is 11.1 Å². The molecular formula is C23H13ClN2O3. The Balaban J connectivity index is 2.16. The zero-order chi connectivity index (χ0) is 20.4. The van der Waals surface area contributed by atoms with Gasteiger partial charge in [-0.2, -0.15) is 0 Å². The minimum Gasteiger partial charge on any atom is -0.366 e. The summed E-state index contributed by atoms with van der Waals surface area (Å²) in [7, 11) is 0. The summed E-state index contributed by atoms with van der Waals surface area (Å²) in [5, 5.41) is 5.73. The van der Waals surface area contributed by atoms with Gasteiger partial charge in [0.25, 0.3) is 5.24 Å². The van der Waals surface area contributed by atoms with Crippen LogP contribution >= 0.6 is 11.6 Å². The van der Waals surface area contributed by atoms with E-state index in [2.05, 4.69) is 0 Å². The molecule has 4 N–H and O–H groups in total. The number of benzene rings is 5. The highest BCUT2D eigenvalue weighted by molar-refractivity contribution is 6.68. The van der Waals surface area contributed by atoms with Crippen LogP contribution in [-0.4, -0.2) is 17.1 Å². The third-order valence-electron chi connectivity index (χ3n) is 5.52. The van der Waals surface area contributed by atoms with Gasteiger partial charge in [0.2, 0.25) is 11.8 Å². The number of hydrogen-bond donors (Lipinski definition) is 2. The lowest BCUT2D eigenvalue weighted by Crippen LogP contribution is -2.16. The van der Waals surface area contributed by atoms with Crippen LogP contribution in [0.25, 0.3) is 43.1 Å². The smallest absolute Gasteiger partial charge is 0.253 e. The second-order valence-corrected chi connectivity index (χ2v) is 7.31. The number of nitrogens with two attached hydrogens (primary N) is 2. The molecule has 0 aromatic heterocycles. The Morgan fingerprint density at radius 2 is 1.00 bits per heavy atom. The van der Waals surface area contributed by atoms with E-state index >= 15 is 0 Å². The van der Waals surface area contributed by atoms with Gasteiger partial charge in [-0.3, -0.25) is 14.4 Å². The van der Waals surface area contributed by atoms with Gasteiger partial charge in [0, 0.05) is 22.1 Å². The van der Waals surface area contributed by atoms with E-state index in [1.54, 1.807) is 18.2 Å². The minimum absolute atomic E-state index is 0.239. The summed E-state index contributed by atoms with van der Waals surface area (Å²) in [6, 6.07) is 16.0. The van der Waals surface area contributed by atoms with E-state index < -0.39 is 17.1 Å². The van der Waals surface area contributed by atoms with Crippen LogP contribution in [0.1, 0.15) is 31.1 Å². The average molecular weight is 401 g/mol. The van der Waals surface area contributed by atoms with Crippen LogP contribution < -0.4 is 11.5 Å². The Hall–Kier alpha value is -3.70. The Morgan fingerprint density at radius 3 is 1.52 bits per heavy atom. The normalized spacial score (nSPS) is 11.6. The van der Waals surface area contributed by atoms with Crippen molar-refractivity contribution in [2.75, 3.05) is 0 Å². The first-order chi connectivity index (χ1) is 13.9. The van der Waals surface area contributed by atoms with Crippen molar-refractivity contribution in [3.63, 3.8) is 0 Å². The number of primary amides is 2. The van der Waals surface area contributed by atoms with Gasteiger partial charge in [-0.05, 0) is 67.5 Å². The highest BCUT2D eigenvalue weighted by Crippen LogP contribution is 2.42. The number of fused-ring (bicyclic) bond motifs is 2. The van der Waals surface area contributed by atoms with E-state index in [0.717, 1.165) is 37.7 Å². The highest BCUT2D eigenvalue weighted by Gasteiger charge is 2.21. The summed E-state index contributed by atoms with van der Waals surface area (Å²) in [6.45, 7) is 0. The molecule has 0 atom stereocenters. The molecule has 0 heterocycles. The summed E-state index contributed by atoms with van der Waals surface area (Å²) >= 11 is 5.80. The van der Waals surface area contributed by atoms with Crippen LogP contribution in [0.5, 0.6) is 0 Å². The zero-order valence-electron chi connectivity index (χ0n) is 15.0. The van der Waals surface area contributed by atoms with E-state index in [4.69, 9.17) is 23.1 Å². The van der Waals surface area contributed by atoms with Crippen molar-refractivity contribution in [3.05, 3.63) is 71.3 Å². The highest BCUT2D eigenvalue weighted by atomic mass is 35.5. The van der Waals surface area contributed by atoms with E-state index in [9.17, 15) is 14.4 Å². The number of amides is 2. The summed E-state index contributed by atoms with van der Waals surface area (Å²) in [4.78, 5) is 36.1. The van der Waals surface area contributed by atoms with E-state index in [1.807, 2.05) is 36.4 Å². The Kier molecular flexibility index (Phi) is 3.54. The molecule has 0 unspecified atom stereocenters. The van der Waals surface area contributed by atoms with Crippen molar-refractivity contribution < 1.29 is 14.4 Å². The van der Waals surface area contributed by atoms with Gasteiger partial charge in [-0.1, -0.05) is 36.4 Å². The molecule has 5 aromatic rings. The van der Waals surface area contributed by atoms with Crippen molar-refractivity contribution in [2.24, 2.45) is 11.5 Å². The number of carbonyl (C=O) groups is 3. The van der Waals surface area contributed by atoms with Gasteiger partial charge in [0.1, 0.15) is 0 Å². The van der Waals surface area contributed by atoms with Crippen LogP contribution in [0.3, 0.4) is 0 Å². The van der Waals surface area contributed by atoms with Crippen molar-refractivity contribution in [1.82, 2.24) is 0 Å². The van der Waals surface area contributed by atoms with Crippen molar-refractivity contribution in [2.45, 2.75) is 0 Å². The molecule has 0 saturated carbocycles. The molecule has 5 rings (SSSR count). The first-order valence-corrected chi connectivity index (χ1v) is 9.23. The molecule has 0 spiro atoms. The summed E-state index contributed by atoms with van der Waals surface area (Å²) in [6.07, 6.45) is 0. The Labute approximate surface area is 169 Å². The third-order valence-corrected chi connectivity index (χ3v) is 5.73. The quantitative estimate of drug-likeness (QED) is 0.268. The average Bonchev–Trinajstić information content (AvgIpc) is 2.70. The first-order valence-electron chi connectivity index (χ1n) is 8.85. The van der Waals surface area contributed by atoms with Gasteiger partial charge in [0.15, 0.2) is 0 Å². The molecule has 140 valence electrons.